The molecule has 0 aromatic rings. The number of carbonyl (C=O) groups is 1. The predicted octanol–water partition coefficient (Wildman–Crippen LogP) is 1.75. The summed E-state index contributed by atoms with van der Waals surface area (Å²) in [6.07, 6.45) is 5.09. The van der Waals surface area contributed by atoms with E-state index in [9.17, 15) is 4.79 Å². The molecule has 0 aliphatic heterocycles. The second-order valence-electron chi connectivity index (χ2n) is 5.85. The van der Waals surface area contributed by atoms with Crippen molar-refractivity contribution in [3.05, 3.63) is 0 Å². The van der Waals surface area contributed by atoms with E-state index in [4.69, 9.17) is 18.0 Å². The Kier molecular flexibility index (Phi) is 2.73. The minimum atomic E-state index is -0.506. The molecule has 2 rings (SSSR count). The zero-order chi connectivity index (χ0) is 12.0. The molecule has 0 spiro atoms. The van der Waals surface area contributed by atoms with Crippen LogP contribution in [0.5, 0.6) is 0 Å². The average molecular weight is 240 g/mol. The predicted molar refractivity (Wildman–Crippen MR) is 68.0 cm³/mol. The molecule has 1 atom stereocenters. The fraction of sp³-hybridized carbons (Fsp3) is 0.833. The maximum atomic E-state index is 12.1. The Morgan fingerprint density at radius 2 is 2.00 bits per heavy atom. The van der Waals surface area contributed by atoms with Gasteiger partial charge in [0.05, 0.1) is 10.4 Å². The Morgan fingerprint density at radius 1 is 1.38 bits per heavy atom. The van der Waals surface area contributed by atoms with E-state index in [1.165, 1.54) is 12.8 Å². The van der Waals surface area contributed by atoms with Gasteiger partial charge in [-0.05, 0) is 31.1 Å². The molecule has 2 saturated carbocycles. The molecule has 0 bridgehead atoms. The lowest BCUT2D eigenvalue weighted by Gasteiger charge is -2.29. The van der Waals surface area contributed by atoms with Crippen molar-refractivity contribution >= 4 is 23.1 Å². The van der Waals surface area contributed by atoms with Crippen LogP contribution in [-0.2, 0) is 4.79 Å². The molecule has 90 valence electrons. The van der Waals surface area contributed by atoms with Crippen molar-refractivity contribution in [3.63, 3.8) is 0 Å². The largest absolute Gasteiger partial charge is 0.392 e. The van der Waals surface area contributed by atoms with Gasteiger partial charge in [0, 0.05) is 6.04 Å². The molecular weight excluding hydrogens is 220 g/mol. The van der Waals surface area contributed by atoms with Crippen LogP contribution < -0.4 is 11.1 Å². The second-order valence-corrected chi connectivity index (χ2v) is 6.29. The minimum absolute atomic E-state index is 0.0555. The SMILES string of the molecule is CC1(C)CCCC1NC(=O)C1(C(N)=S)CC1. The quantitative estimate of drug-likeness (QED) is 0.739. The zero-order valence-corrected chi connectivity index (χ0v) is 10.8. The smallest absolute Gasteiger partial charge is 0.233 e. The van der Waals surface area contributed by atoms with Crippen LogP contribution in [0.3, 0.4) is 0 Å². The van der Waals surface area contributed by atoms with Crippen LogP contribution in [-0.4, -0.2) is 16.9 Å². The lowest BCUT2D eigenvalue weighted by molar-refractivity contribution is -0.125. The number of thiocarbonyl (C=S) groups is 1. The van der Waals surface area contributed by atoms with E-state index in [1.54, 1.807) is 0 Å². The number of nitrogens with two attached hydrogens (primary N) is 1. The van der Waals surface area contributed by atoms with Crippen molar-refractivity contribution in [3.8, 4) is 0 Å². The standard InChI is InChI=1S/C12H20N2OS/c1-11(2)5-3-4-8(11)14-10(15)12(6-7-12)9(13)16/h8H,3-7H2,1-2H3,(H2,13,16)(H,14,15). The molecule has 0 aromatic heterocycles. The van der Waals surface area contributed by atoms with Gasteiger partial charge in [-0.3, -0.25) is 4.79 Å². The van der Waals surface area contributed by atoms with E-state index >= 15 is 0 Å². The van der Waals surface area contributed by atoms with Crippen molar-refractivity contribution in [2.45, 2.75) is 52.0 Å². The van der Waals surface area contributed by atoms with Crippen LogP contribution >= 0.6 is 12.2 Å². The molecule has 0 heterocycles. The van der Waals surface area contributed by atoms with E-state index < -0.39 is 5.41 Å². The van der Waals surface area contributed by atoms with Crippen molar-refractivity contribution in [2.24, 2.45) is 16.6 Å². The highest BCUT2D eigenvalue weighted by atomic mass is 32.1. The third-order valence-electron chi connectivity index (χ3n) is 4.22. The summed E-state index contributed by atoms with van der Waals surface area (Å²) >= 11 is 4.99. The summed E-state index contributed by atoms with van der Waals surface area (Å²) in [6.45, 7) is 4.43. The highest BCUT2D eigenvalue weighted by Gasteiger charge is 2.53. The van der Waals surface area contributed by atoms with Crippen LogP contribution in [0, 0.1) is 10.8 Å². The fourth-order valence-electron chi connectivity index (χ4n) is 2.60. The number of rotatable bonds is 3. The molecule has 0 saturated heterocycles. The maximum absolute atomic E-state index is 12.1. The third kappa shape index (κ3) is 1.83. The molecule has 2 aliphatic rings. The Bertz CT molecular complexity index is 334. The molecule has 1 unspecified atom stereocenters. The summed E-state index contributed by atoms with van der Waals surface area (Å²) in [7, 11) is 0. The first kappa shape index (κ1) is 11.8. The first-order chi connectivity index (χ1) is 7.38. The molecule has 2 aliphatic carbocycles. The Morgan fingerprint density at radius 3 is 2.38 bits per heavy atom. The van der Waals surface area contributed by atoms with Crippen LogP contribution in [0.4, 0.5) is 0 Å². The molecule has 1 amide bonds. The van der Waals surface area contributed by atoms with Gasteiger partial charge in [0.2, 0.25) is 5.91 Å². The highest BCUT2D eigenvalue weighted by Crippen LogP contribution is 2.47. The number of amides is 1. The van der Waals surface area contributed by atoms with Gasteiger partial charge < -0.3 is 11.1 Å². The second kappa shape index (κ2) is 3.69. The summed E-state index contributed by atoms with van der Waals surface area (Å²) in [5.74, 6) is 0.0555. The van der Waals surface area contributed by atoms with E-state index in [0.29, 0.717) is 4.99 Å². The molecule has 4 heteroatoms. The first-order valence-electron chi connectivity index (χ1n) is 5.99. The van der Waals surface area contributed by atoms with Crippen molar-refractivity contribution in [2.75, 3.05) is 0 Å². The Hall–Kier alpha value is -0.640. The monoisotopic (exact) mass is 240 g/mol. The summed E-state index contributed by atoms with van der Waals surface area (Å²) in [4.78, 5) is 12.5. The van der Waals surface area contributed by atoms with Gasteiger partial charge in [-0.2, -0.15) is 0 Å². The third-order valence-corrected chi connectivity index (χ3v) is 4.61. The van der Waals surface area contributed by atoms with Crippen LogP contribution in [0.1, 0.15) is 46.0 Å². The molecule has 16 heavy (non-hydrogen) atoms. The lowest BCUT2D eigenvalue weighted by Crippen LogP contribution is -2.47. The zero-order valence-electron chi connectivity index (χ0n) is 10.0. The molecular formula is C12H20N2OS. The summed E-state index contributed by atoms with van der Waals surface area (Å²) in [5.41, 5.74) is 5.35. The van der Waals surface area contributed by atoms with Crippen LogP contribution in [0.2, 0.25) is 0 Å². The average Bonchev–Trinajstić information content (AvgIpc) is 2.91. The number of nitrogens with one attached hydrogen (secondary N) is 1. The van der Waals surface area contributed by atoms with E-state index in [2.05, 4.69) is 19.2 Å². The normalized spacial score (nSPS) is 29.8. The van der Waals surface area contributed by atoms with Gasteiger partial charge in [0.25, 0.3) is 0 Å². The van der Waals surface area contributed by atoms with Crippen molar-refractivity contribution < 1.29 is 4.79 Å². The fourth-order valence-corrected chi connectivity index (χ4v) is 2.90. The molecule has 2 fully saturated rings. The van der Waals surface area contributed by atoms with Gasteiger partial charge in [-0.15, -0.1) is 0 Å². The molecule has 0 aromatic carbocycles. The number of carbonyl (C=O) groups excluding carboxylic acids is 1. The summed E-state index contributed by atoms with van der Waals surface area (Å²) in [6, 6.07) is 0.284. The summed E-state index contributed by atoms with van der Waals surface area (Å²) in [5, 5.41) is 3.15. The van der Waals surface area contributed by atoms with E-state index in [0.717, 1.165) is 19.3 Å². The Labute approximate surface area is 102 Å². The molecule has 0 radical (unpaired) electrons. The minimum Gasteiger partial charge on any atom is -0.392 e. The van der Waals surface area contributed by atoms with Crippen LogP contribution in [0.15, 0.2) is 0 Å². The Balaban J connectivity index is 2.01. The molecule has 3 N–H and O–H groups in total. The van der Waals surface area contributed by atoms with Gasteiger partial charge in [-0.1, -0.05) is 32.5 Å². The van der Waals surface area contributed by atoms with Gasteiger partial charge >= 0.3 is 0 Å². The lowest BCUT2D eigenvalue weighted by atomic mass is 9.87. The van der Waals surface area contributed by atoms with Crippen molar-refractivity contribution in [1.82, 2.24) is 5.32 Å². The van der Waals surface area contributed by atoms with Crippen LogP contribution in [0.25, 0.3) is 0 Å². The maximum Gasteiger partial charge on any atom is 0.233 e. The van der Waals surface area contributed by atoms with Crippen molar-refractivity contribution in [1.29, 1.82) is 0 Å². The van der Waals surface area contributed by atoms with Gasteiger partial charge in [0.1, 0.15) is 0 Å². The number of hydrogen-bond donors (Lipinski definition) is 2. The highest BCUT2D eigenvalue weighted by molar-refractivity contribution is 7.80. The van der Waals surface area contributed by atoms with Gasteiger partial charge in [-0.25, -0.2) is 0 Å². The molecule has 3 nitrogen and oxygen atoms in total. The first-order valence-corrected chi connectivity index (χ1v) is 6.40. The summed E-state index contributed by atoms with van der Waals surface area (Å²) < 4.78 is 0. The van der Waals surface area contributed by atoms with E-state index in [-0.39, 0.29) is 17.4 Å². The van der Waals surface area contributed by atoms with Gasteiger partial charge in [0.15, 0.2) is 0 Å². The number of hydrogen-bond acceptors (Lipinski definition) is 2. The topological polar surface area (TPSA) is 55.1 Å². The van der Waals surface area contributed by atoms with E-state index in [1.807, 2.05) is 0 Å².